The van der Waals surface area contributed by atoms with Gasteiger partial charge in [0.25, 0.3) is 5.91 Å². The fraction of sp³-hybridized carbons (Fsp3) is 0.0667. The van der Waals surface area contributed by atoms with E-state index in [1.165, 1.54) is 0 Å². The normalized spacial score (nSPS) is 9.65. The standard InChI is InChI=1S/C15H14N2O3/c1-20-13-9-7-11(8-10-13)14(18)17-15(19)16-12-5-3-2-4-6-12/h2-10H,1H3,(H2,16,17,18,19). The molecular weight excluding hydrogens is 256 g/mol. The van der Waals surface area contributed by atoms with E-state index in [4.69, 9.17) is 4.74 Å². The summed E-state index contributed by atoms with van der Waals surface area (Å²) in [5, 5.41) is 4.82. The number of urea groups is 1. The van der Waals surface area contributed by atoms with E-state index in [0.717, 1.165) is 0 Å². The van der Waals surface area contributed by atoms with Crippen LogP contribution in [0.2, 0.25) is 0 Å². The van der Waals surface area contributed by atoms with Gasteiger partial charge in [-0.05, 0) is 36.4 Å². The van der Waals surface area contributed by atoms with Gasteiger partial charge in [-0.2, -0.15) is 0 Å². The number of carbonyl (C=O) groups is 2. The molecule has 102 valence electrons. The van der Waals surface area contributed by atoms with Crippen molar-refractivity contribution in [1.29, 1.82) is 0 Å². The van der Waals surface area contributed by atoms with Crippen LogP contribution in [0.1, 0.15) is 10.4 Å². The SMILES string of the molecule is COc1ccc(C(=O)NC(=O)Nc2ccccc2)cc1. The molecule has 0 atom stereocenters. The molecule has 2 aromatic rings. The maximum absolute atomic E-state index is 11.8. The van der Waals surface area contributed by atoms with Crippen molar-refractivity contribution in [2.24, 2.45) is 0 Å². The minimum atomic E-state index is -0.572. The van der Waals surface area contributed by atoms with Crippen molar-refractivity contribution in [2.45, 2.75) is 0 Å². The second kappa shape index (κ2) is 6.38. The Labute approximate surface area is 116 Å². The summed E-state index contributed by atoms with van der Waals surface area (Å²) >= 11 is 0. The molecule has 0 saturated carbocycles. The van der Waals surface area contributed by atoms with Crippen LogP contribution in [0.5, 0.6) is 5.75 Å². The van der Waals surface area contributed by atoms with Gasteiger partial charge in [-0.25, -0.2) is 4.79 Å². The molecule has 0 unspecified atom stereocenters. The van der Waals surface area contributed by atoms with Crippen LogP contribution in [0, 0.1) is 0 Å². The predicted molar refractivity (Wildman–Crippen MR) is 75.9 cm³/mol. The largest absolute Gasteiger partial charge is 0.497 e. The van der Waals surface area contributed by atoms with Gasteiger partial charge in [0, 0.05) is 11.3 Å². The van der Waals surface area contributed by atoms with E-state index in [9.17, 15) is 9.59 Å². The van der Waals surface area contributed by atoms with Crippen LogP contribution in [0.3, 0.4) is 0 Å². The van der Waals surface area contributed by atoms with Gasteiger partial charge in [0.05, 0.1) is 7.11 Å². The van der Waals surface area contributed by atoms with Crippen molar-refractivity contribution < 1.29 is 14.3 Å². The highest BCUT2D eigenvalue weighted by atomic mass is 16.5. The Bertz CT molecular complexity index is 594. The Balaban J connectivity index is 1.95. The number of para-hydroxylation sites is 1. The van der Waals surface area contributed by atoms with Crippen LogP contribution in [0.15, 0.2) is 54.6 Å². The summed E-state index contributed by atoms with van der Waals surface area (Å²) in [5.74, 6) is 0.177. The summed E-state index contributed by atoms with van der Waals surface area (Å²) < 4.78 is 5.00. The molecule has 0 fully saturated rings. The molecule has 5 nitrogen and oxygen atoms in total. The minimum Gasteiger partial charge on any atom is -0.497 e. The van der Waals surface area contributed by atoms with E-state index in [-0.39, 0.29) is 0 Å². The number of nitrogens with one attached hydrogen (secondary N) is 2. The van der Waals surface area contributed by atoms with E-state index in [1.54, 1.807) is 55.6 Å². The number of amides is 3. The molecule has 0 radical (unpaired) electrons. The lowest BCUT2D eigenvalue weighted by molar-refractivity contribution is 0.0967. The summed E-state index contributed by atoms with van der Waals surface area (Å²) in [5.41, 5.74) is 1.00. The molecule has 5 heteroatoms. The van der Waals surface area contributed by atoms with Crippen LogP contribution in [0.25, 0.3) is 0 Å². The fourth-order valence-electron chi connectivity index (χ4n) is 1.60. The number of methoxy groups -OCH3 is 1. The summed E-state index contributed by atoms with van der Waals surface area (Å²) in [4.78, 5) is 23.5. The molecule has 20 heavy (non-hydrogen) atoms. The number of ether oxygens (including phenoxy) is 1. The number of hydrogen-bond acceptors (Lipinski definition) is 3. The van der Waals surface area contributed by atoms with Crippen molar-refractivity contribution in [3.8, 4) is 5.75 Å². The zero-order valence-corrected chi connectivity index (χ0v) is 10.9. The van der Waals surface area contributed by atoms with Gasteiger partial charge >= 0.3 is 6.03 Å². The summed E-state index contributed by atoms with van der Waals surface area (Å²) in [7, 11) is 1.54. The third-order valence-corrected chi connectivity index (χ3v) is 2.61. The molecule has 0 aromatic heterocycles. The zero-order valence-electron chi connectivity index (χ0n) is 10.9. The molecule has 2 N–H and O–H groups in total. The van der Waals surface area contributed by atoms with Crippen LogP contribution in [-0.2, 0) is 0 Å². The molecular formula is C15H14N2O3. The summed E-state index contributed by atoms with van der Waals surface area (Å²) in [6.45, 7) is 0. The topological polar surface area (TPSA) is 67.4 Å². The number of rotatable bonds is 3. The molecule has 2 aromatic carbocycles. The van der Waals surface area contributed by atoms with Gasteiger partial charge in [0.2, 0.25) is 0 Å². The summed E-state index contributed by atoms with van der Waals surface area (Å²) in [6, 6.07) is 14.8. The van der Waals surface area contributed by atoms with Crippen molar-refractivity contribution >= 4 is 17.6 Å². The molecule has 0 aliphatic carbocycles. The Morgan fingerprint density at radius 2 is 1.60 bits per heavy atom. The van der Waals surface area contributed by atoms with Gasteiger partial charge in [-0.1, -0.05) is 18.2 Å². The second-order valence-electron chi connectivity index (χ2n) is 4.00. The first-order valence-electron chi connectivity index (χ1n) is 6.00. The zero-order chi connectivity index (χ0) is 14.4. The maximum Gasteiger partial charge on any atom is 0.326 e. The van der Waals surface area contributed by atoms with Crippen LogP contribution >= 0.6 is 0 Å². The smallest absolute Gasteiger partial charge is 0.326 e. The fourth-order valence-corrected chi connectivity index (χ4v) is 1.60. The van der Waals surface area contributed by atoms with Crippen molar-refractivity contribution in [2.75, 3.05) is 12.4 Å². The monoisotopic (exact) mass is 270 g/mol. The van der Waals surface area contributed by atoms with Gasteiger partial charge in [-0.3, -0.25) is 10.1 Å². The average molecular weight is 270 g/mol. The van der Waals surface area contributed by atoms with E-state index >= 15 is 0 Å². The second-order valence-corrected chi connectivity index (χ2v) is 4.00. The van der Waals surface area contributed by atoms with Gasteiger partial charge in [0.15, 0.2) is 0 Å². The number of carbonyl (C=O) groups excluding carboxylic acids is 2. The maximum atomic E-state index is 11.8. The van der Waals surface area contributed by atoms with E-state index in [0.29, 0.717) is 17.0 Å². The lowest BCUT2D eigenvalue weighted by Crippen LogP contribution is -2.34. The first kappa shape index (κ1) is 13.6. The average Bonchev–Trinajstić information content (AvgIpc) is 2.48. The van der Waals surface area contributed by atoms with Gasteiger partial charge in [-0.15, -0.1) is 0 Å². The van der Waals surface area contributed by atoms with Crippen molar-refractivity contribution in [3.05, 3.63) is 60.2 Å². The van der Waals surface area contributed by atoms with E-state index in [1.807, 2.05) is 6.07 Å². The van der Waals surface area contributed by atoms with Gasteiger partial charge < -0.3 is 10.1 Å². The Morgan fingerprint density at radius 3 is 2.20 bits per heavy atom. The third-order valence-electron chi connectivity index (χ3n) is 2.61. The first-order chi connectivity index (χ1) is 9.69. The molecule has 0 aliphatic heterocycles. The first-order valence-corrected chi connectivity index (χ1v) is 6.00. The minimum absolute atomic E-state index is 0.383. The van der Waals surface area contributed by atoms with Crippen molar-refractivity contribution in [3.63, 3.8) is 0 Å². The van der Waals surface area contributed by atoms with E-state index in [2.05, 4.69) is 10.6 Å². The summed E-state index contributed by atoms with van der Waals surface area (Å²) in [6.07, 6.45) is 0. The predicted octanol–water partition coefficient (Wildman–Crippen LogP) is 2.66. The highest BCUT2D eigenvalue weighted by molar-refractivity contribution is 6.07. The number of imide groups is 1. The van der Waals surface area contributed by atoms with Crippen LogP contribution in [-0.4, -0.2) is 19.0 Å². The molecule has 0 aliphatic rings. The van der Waals surface area contributed by atoms with Crippen LogP contribution in [0.4, 0.5) is 10.5 Å². The Hall–Kier alpha value is -2.82. The number of benzene rings is 2. The molecule has 0 saturated heterocycles. The van der Waals surface area contributed by atoms with E-state index < -0.39 is 11.9 Å². The van der Waals surface area contributed by atoms with Crippen LogP contribution < -0.4 is 15.4 Å². The highest BCUT2D eigenvalue weighted by Gasteiger charge is 2.10. The highest BCUT2D eigenvalue weighted by Crippen LogP contribution is 2.11. The molecule has 2 rings (SSSR count). The Morgan fingerprint density at radius 1 is 0.950 bits per heavy atom. The molecule has 3 amide bonds. The lowest BCUT2D eigenvalue weighted by atomic mass is 10.2. The Kier molecular flexibility index (Phi) is 4.34. The number of hydrogen-bond donors (Lipinski definition) is 2. The van der Waals surface area contributed by atoms with Crippen molar-refractivity contribution in [1.82, 2.24) is 5.32 Å². The van der Waals surface area contributed by atoms with Gasteiger partial charge in [0.1, 0.15) is 5.75 Å². The molecule has 0 heterocycles. The molecule has 0 bridgehead atoms. The lowest BCUT2D eigenvalue weighted by Gasteiger charge is -2.07. The number of anilines is 1. The third kappa shape index (κ3) is 3.58. The quantitative estimate of drug-likeness (QED) is 0.901. The molecule has 0 spiro atoms.